The molecule has 1 atom stereocenters. The Balaban J connectivity index is 2.90. The highest BCUT2D eigenvalue weighted by atomic mass is 35.5. The number of thiophene rings is 1. The predicted molar refractivity (Wildman–Crippen MR) is 67.1 cm³/mol. The Labute approximate surface area is 104 Å². The van der Waals surface area contributed by atoms with E-state index in [9.17, 15) is 4.57 Å². The van der Waals surface area contributed by atoms with Gasteiger partial charge < -0.3 is 14.8 Å². The molecule has 7 heteroatoms. The molecule has 0 radical (unpaired) electrons. The van der Waals surface area contributed by atoms with E-state index in [0.29, 0.717) is 22.4 Å². The highest BCUT2D eigenvalue weighted by molar-refractivity contribution is 7.54. The van der Waals surface area contributed by atoms with E-state index in [1.807, 2.05) is 0 Å². The van der Waals surface area contributed by atoms with E-state index < -0.39 is 13.4 Å². The Hall–Kier alpha value is 0.1000. The summed E-state index contributed by atoms with van der Waals surface area (Å²) in [6.45, 7) is 4.09. The molecule has 0 unspecified atom stereocenters. The first kappa shape index (κ1) is 14.2. The maximum atomic E-state index is 12.3. The third-order valence-corrected chi connectivity index (χ3v) is 5.53. The fourth-order valence-corrected chi connectivity index (χ4v) is 4.21. The summed E-state index contributed by atoms with van der Waals surface area (Å²) in [5.41, 5.74) is 5.90. The van der Waals surface area contributed by atoms with Crippen molar-refractivity contribution in [3.8, 4) is 0 Å². The zero-order valence-corrected chi connectivity index (χ0v) is 11.6. The summed E-state index contributed by atoms with van der Waals surface area (Å²) in [5.74, 6) is -0.773. The smallest absolute Gasteiger partial charge is 0.313 e. The van der Waals surface area contributed by atoms with Crippen LogP contribution in [-0.4, -0.2) is 13.2 Å². The van der Waals surface area contributed by atoms with Crippen molar-refractivity contribution in [2.75, 3.05) is 13.2 Å². The van der Waals surface area contributed by atoms with Gasteiger partial charge in [0.15, 0.2) is 0 Å². The summed E-state index contributed by atoms with van der Waals surface area (Å²) in [6.07, 6.45) is 0. The average Bonchev–Trinajstić information content (AvgIpc) is 2.64. The molecule has 0 aliphatic rings. The van der Waals surface area contributed by atoms with Crippen LogP contribution in [0.15, 0.2) is 12.1 Å². The largest absolute Gasteiger partial charge is 0.352 e. The van der Waals surface area contributed by atoms with Gasteiger partial charge in [-0.25, -0.2) is 0 Å². The van der Waals surface area contributed by atoms with Crippen molar-refractivity contribution >= 4 is 30.5 Å². The molecule has 0 amide bonds. The SMILES string of the molecule is CCOP(=O)(OCC)[C@H](N)c1ccc(Cl)s1. The van der Waals surface area contributed by atoms with Crippen LogP contribution in [0.4, 0.5) is 0 Å². The first-order valence-electron chi connectivity index (χ1n) is 4.93. The summed E-state index contributed by atoms with van der Waals surface area (Å²) in [7, 11) is -3.29. The van der Waals surface area contributed by atoms with Gasteiger partial charge in [-0.1, -0.05) is 11.6 Å². The lowest BCUT2D eigenvalue weighted by Crippen LogP contribution is -2.13. The van der Waals surface area contributed by atoms with Gasteiger partial charge >= 0.3 is 7.60 Å². The van der Waals surface area contributed by atoms with Gasteiger partial charge in [-0.2, -0.15) is 0 Å². The van der Waals surface area contributed by atoms with Crippen molar-refractivity contribution in [2.45, 2.75) is 19.6 Å². The minimum Gasteiger partial charge on any atom is -0.313 e. The van der Waals surface area contributed by atoms with Crippen LogP contribution in [0.5, 0.6) is 0 Å². The summed E-state index contributed by atoms with van der Waals surface area (Å²) < 4.78 is 23.3. The van der Waals surface area contributed by atoms with Gasteiger partial charge in [0.25, 0.3) is 0 Å². The topological polar surface area (TPSA) is 61.5 Å². The normalized spacial score (nSPS) is 14.0. The number of nitrogens with two attached hydrogens (primary N) is 1. The molecule has 0 spiro atoms. The van der Waals surface area contributed by atoms with E-state index in [1.165, 1.54) is 11.3 Å². The fraction of sp³-hybridized carbons (Fsp3) is 0.556. The van der Waals surface area contributed by atoms with Crippen LogP contribution < -0.4 is 5.73 Å². The minimum absolute atomic E-state index is 0.296. The third kappa shape index (κ3) is 3.29. The predicted octanol–water partition coefficient (Wildman–Crippen LogP) is 3.62. The van der Waals surface area contributed by atoms with E-state index in [0.717, 1.165) is 0 Å². The first-order chi connectivity index (χ1) is 7.53. The molecule has 0 bridgehead atoms. The fourth-order valence-electron chi connectivity index (χ4n) is 1.20. The zero-order valence-electron chi connectivity index (χ0n) is 9.18. The Morgan fingerprint density at radius 3 is 2.38 bits per heavy atom. The van der Waals surface area contributed by atoms with Gasteiger partial charge in [0, 0.05) is 4.88 Å². The summed E-state index contributed by atoms with van der Waals surface area (Å²) in [4.78, 5) is 0.704. The molecular formula is C9H15ClNO3PS. The van der Waals surface area contributed by atoms with E-state index in [-0.39, 0.29) is 0 Å². The molecule has 0 saturated heterocycles. The highest BCUT2D eigenvalue weighted by Crippen LogP contribution is 2.59. The van der Waals surface area contributed by atoms with Gasteiger partial charge in [0.1, 0.15) is 5.78 Å². The van der Waals surface area contributed by atoms with E-state index >= 15 is 0 Å². The van der Waals surface area contributed by atoms with Crippen molar-refractivity contribution in [2.24, 2.45) is 5.73 Å². The maximum Gasteiger partial charge on any atom is 0.352 e. The summed E-state index contributed by atoms with van der Waals surface area (Å²) in [6, 6.07) is 3.45. The second-order valence-corrected chi connectivity index (χ2v) is 6.86. The van der Waals surface area contributed by atoms with Crippen molar-refractivity contribution < 1.29 is 13.6 Å². The average molecular weight is 284 g/mol. The van der Waals surface area contributed by atoms with Gasteiger partial charge in [-0.15, -0.1) is 11.3 Å². The molecule has 0 aliphatic carbocycles. The molecule has 0 saturated carbocycles. The number of hydrogen-bond acceptors (Lipinski definition) is 5. The molecule has 1 heterocycles. The van der Waals surface area contributed by atoms with Crippen LogP contribution in [0.2, 0.25) is 4.34 Å². The molecule has 92 valence electrons. The Kier molecular flexibility index (Phi) is 5.44. The Morgan fingerprint density at radius 1 is 1.44 bits per heavy atom. The maximum absolute atomic E-state index is 12.3. The van der Waals surface area contributed by atoms with Crippen LogP contribution in [0.25, 0.3) is 0 Å². The van der Waals surface area contributed by atoms with E-state index in [2.05, 4.69) is 0 Å². The van der Waals surface area contributed by atoms with Crippen molar-refractivity contribution in [1.29, 1.82) is 0 Å². The summed E-state index contributed by atoms with van der Waals surface area (Å²) in [5, 5.41) is 0. The molecular weight excluding hydrogens is 269 g/mol. The molecule has 2 N–H and O–H groups in total. The lowest BCUT2D eigenvalue weighted by molar-refractivity contribution is 0.212. The van der Waals surface area contributed by atoms with Crippen LogP contribution in [-0.2, 0) is 13.6 Å². The van der Waals surface area contributed by atoms with E-state index in [4.69, 9.17) is 26.4 Å². The van der Waals surface area contributed by atoms with Gasteiger partial charge in [-0.3, -0.25) is 4.57 Å². The van der Waals surface area contributed by atoms with Crippen molar-refractivity contribution in [3.05, 3.63) is 21.3 Å². The zero-order chi connectivity index (χ0) is 12.2. The monoisotopic (exact) mass is 283 g/mol. The van der Waals surface area contributed by atoms with E-state index in [1.54, 1.807) is 26.0 Å². The molecule has 1 aromatic heterocycles. The molecule has 4 nitrogen and oxygen atoms in total. The molecule has 0 aromatic carbocycles. The Morgan fingerprint density at radius 2 is 2.00 bits per heavy atom. The second kappa shape index (κ2) is 6.15. The van der Waals surface area contributed by atoms with Gasteiger partial charge in [0.05, 0.1) is 17.6 Å². The summed E-state index contributed by atoms with van der Waals surface area (Å²) >= 11 is 7.08. The highest BCUT2D eigenvalue weighted by Gasteiger charge is 2.34. The van der Waals surface area contributed by atoms with Crippen molar-refractivity contribution in [3.63, 3.8) is 0 Å². The lowest BCUT2D eigenvalue weighted by Gasteiger charge is -2.22. The molecule has 0 aliphatic heterocycles. The Bertz CT molecular complexity index is 375. The van der Waals surface area contributed by atoms with Crippen LogP contribution in [0, 0.1) is 0 Å². The standard InChI is InChI=1S/C9H15ClNO3PS/c1-3-13-15(12,14-4-2)9(11)7-5-6-8(10)16-7/h5-6,9H,3-4,11H2,1-2H3/t9-/m0/s1. The minimum atomic E-state index is -3.29. The first-order valence-corrected chi connectivity index (χ1v) is 7.73. The number of halogens is 1. The van der Waals surface area contributed by atoms with Crippen LogP contribution in [0.3, 0.4) is 0 Å². The number of hydrogen-bond donors (Lipinski definition) is 1. The van der Waals surface area contributed by atoms with Gasteiger partial charge in [-0.05, 0) is 26.0 Å². The molecule has 1 rings (SSSR count). The van der Waals surface area contributed by atoms with Crippen LogP contribution in [0.1, 0.15) is 24.5 Å². The van der Waals surface area contributed by atoms with Gasteiger partial charge in [0.2, 0.25) is 0 Å². The molecule has 0 fully saturated rings. The third-order valence-electron chi connectivity index (χ3n) is 1.84. The second-order valence-electron chi connectivity index (χ2n) is 2.96. The quantitative estimate of drug-likeness (QED) is 0.810. The van der Waals surface area contributed by atoms with Crippen LogP contribution >= 0.6 is 30.5 Å². The lowest BCUT2D eigenvalue weighted by atomic mass is 10.5. The molecule has 16 heavy (non-hydrogen) atoms. The van der Waals surface area contributed by atoms with Crippen molar-refractivity contribution in [1.82, 2.24) is 0 Å². The number of rotatable bonds is 6. The molecule has 1 aromatic rings.